The fourth-order valence-corrected chi connectivity index (χ4v) is 4.47. The van der Waals surface area contributed by atoms with Crippen LogP contribution in [0.5, 0.6) is 5.75 Å². The van der Waals surface area contributed by atoms with E-state index in [-0.39, 0.29) is 28.0 Å². The van der Waals surface area contributed by atoms with E-state index < -0.39 is 16.9 Å². The molecule has 2 aromatic heterocycles. The molecule has 0 saturated carbocycles. The summed E-state index contributed by atoms with van der Waals surface area (Å²) in [6, 6.07) is 9.58. The second-order valence-electron chi connectivity index (χ2n) is 7.07. The number of carbonyl (C=O) groups is 1. The number of aryl methyl sites for hydroxylation is 1. The summed E-state index contributed by atoms with van der Waals surface area (Å²) in [5, 5.41) is 20.4. The summed E-state index contributed by atoms with van der Waals surface area (Å²) >= 11 is 1.19. The highest BCUT2D eigenvalue weighted by atomic mass is 32.1. The van der Waals surface area contributed by atoms with Crippen LogP contribution in [0, 0.1) is 17.0 Å². The molecule has 4 aromatic rings. The first-order valence-electron chi connectivity index (χ1n) is 9.42. The molecule has 10 nitrogen and oxygen atoms in total. The Morgan fingerprint density at radius 3 is 2.53 bits per heavy atom. The number of hydrogen-bond acceptors (Lipinski definition) is 9. The van der Waals surface area contributed by atoms with Crippen molar-refractivity contribution in [2.75, 3.05) is 12.0 Å². The number of ether oxygens (including phenoxy) is 1. The van der Waals surface area contributed by atoms with Gasteiger partial charge in [-0.05, 0) is 36.8 Å². The van der Waals surface area contributed by atoms with Gasteiger partial charge in [-0.3, -0.25) is 24.6 Å². The van der Waals surface area contributed by atoms with E-state index in [4.69, 9.17) is 9.15 Å². The normalized spacial score (nSPS) is 15.2. The third-order valence-electron chi connectivity index (χ3n) is 5.22. The number of aromatic nitrogens is 2. The molecule has 0 spiro atoms. The first-order chi connectivity index (χ1) is 15.4. The van der Waals surface area contributed by atoms with E-state index in [2.05, 4.69) is 10.2 Å². The zero-order chi connectivity index (χ0) is 22.6. The topological polar surface area (TPSA) is 129 Å². The average molecular weight is 450 g/mol. The fourth-order valence-electron chi connectivity index (χ4n) is 3.75. The molecule has 5 rings (SSSR count). The molecule has 1 atom stereocenters. The minimum atomic E-state index is -0.867. The molecule has 0 N–H and O–H groups in total. The monoisotopic (exact) mass is 450 g/mol. The molecule has 160 valence electrons. The lowest BCUT2D eigenvalue weighted by Crippen LogP contribution is -2.29. The second-order valence-corrected chi connectivity index (χ2v) is 8.23. The van der Waals surface area contributed by atoms with Crippen LogP contribution in [0.4, 0.5) is 10.8 Å². The van der Waals surface area contributed by atoms with Crippen LogP contribution in [0.25, 0.3) is 11.0 Å². The van der Waals surface area contributed by atoms with Crippen LogP contribution in [0.2, 0.25) is 0 Å². The van der Waals surface area contributed by atoms with Crippen LogP contribution >= 0.6 is 11.3 Å². The van der Waals surface area contributed by atoms with Crippen molar-refractivity contribution in [3.05, 3.63) is 84.7 Å². The van der Waals surface area contributed by atoms with Crippen molar-refractivity contribution in [1.82, 2.24) is 10.2 Å². The van der Waals surface area contributed by atoms with E-state index in [1.165, 1.54) is 47.6 Å². The van der Waals surface area contributed by atoms with Gasteiger partial charge in [0.2, 0.25) is 10.9 Å². The lowest BCUT2D eigenvalue weighted by atomic mass is 9.98. The van der Waals surface area contributed by atoms with Gasteiger partial charge in [0.05, 0.1) is 29.0 Å². The lowest BCUT2D eigenvalue weighted by molar-refractivity contribution is -0.384. The van der Waals surface area contributed by atoms with Crippen LogP contribution < -0.4 is 15.1 Å². The number of hydrogen-bond donors (Lipinski definition) is 0. The van der Waals surface area contributed by atoms with Gasteiger partial charge in [0.1, 0.15) is 16.3 Å². The highest BCUT2D eigenvalue weighted by molar-refractivity contribution is 7.15. The molecule has 0 fully saturated rings. The molecule has 3 heterocycles. The van der Waals surface area contributed by atoms with E-state index in [0.29, 0.717) is 26.8 Å². The van der Waals surface area contributed by atoms with Gasteiger partial charge in [-0.25, -0.2) is 0 Å². The number of benzene rings is 2. The van der Waals surface area contributed by atoms with Crippen molar-refractivity contribution < 1.29 is 18.9 Å². The minimum Gasteiger partial charge on any atom is -0.497 e. The zero-order valence-corrected chi connectivity index (χ0v) is 17.6. The van der Waals surface area contributed by atoms with Gasteiger partial charge in [0.15, 0.2) is 5.43 Å². The maximum absolute atomic E-state index is 13.5. The molecule has 11 heteroatoms. The van der Waals surface area contributed by atoms with Crippen molar-refractivity contribution in [1.29, 1.82) is 0 Å². The van der Waals surface area contributed by atoms with E-state index >= 15 is 0 Å². The number of nitro benzene ring substituents is 1. The molecular weight excluding hydrogens is 436 g/mol. The molecule has 1 aliphatic heterocycles. The van der Waals surface area contributed by atoms with Gasteiger partial charge in [-0.1, -0.05) is 11.3 Å². The number of nitro groups is 1. The molecule has 0 aliphatic carbocycles. The van der Waals surface area contributed by atoms with E-state index in [9.17, 15) is 19.7 Å². The third-order valence-corrected chi connectivity index (χ3v) is 6.06. The zero-order valence-electron chi connectivity index (χ0n) is 16.8. The summed E-state index contributed by atoms with van der Waals surface area (Å²) < 4.78 is 11.1. The summed E-state index contributed by atoms with van der Waals surface area (Å²) in [4.78, 5) is 38.8. The van der Waals surface area contributed by atoms with Gasteiger partial charge < -0.3 is 9.15 Å². The van der Waals surface area contributed by atoms with Crippen LogP contribution in [0.15, 0.2) is 51.7 Å². The summed E-state index contributed by atoms with van der Waals surface area (Å²) in [5.74, 6) is -0.164. The molecule has 2 aromatic carbocycles. The quantitative estimate of drug-likeness (QED) is 0.341. The number of carbonyl (C=O) groups excluding carboxylic acids is 1. The largest absolute Gasteiger partial charge is 0.497 e. The van der Waals surface area contributed by atoms with Crippen LogP contribution in [0.3, 0.4) is 0 Å². The van der Waals surface area contributed by atoms with Crippen LogP contribution in [-0.2, 0) is 0 Å². The van der Waals surface area contributed by atoms with Crippen molar-refractivity contribution in [2.45, 2.75) is 13.0 Å². The second kappa shape index (κ2) is 7.24. The summed E-state index contributed by atoms with van der Waals surface area (Å²) in [6.07, 6.45) is 0. The van der Waals surface area contributed by atoms with Gasteiger partial charge in [-0.15, -0.1) is 10.2 Å². The maximum atomic E-state index is 13.5. The molecular formula is C21H14N4O6S. The predicted molar refractivity (Wildman–Crippen MR) is 115 cm³/mol. The number of non-ortho nitro benzene ring substituents is 1. The van der Waals surface area contributed by atoms with Gasteiger partial charge in [-0.2, -0.15) is 0 Å². The van der Waals surface area contributed by atoms with E-state index in [0.717, 1.165) is 0 Å². The Morgan fingerprint density at radius 2 is 1.91 bits per heavy atom. The standard InChI is InChI=1S/C21H14N4O6S/c1-10-22-23-21(32-10)24-17(11-3-5-12(6-4-11)25(28)29)16-18(26)14-8-7-13(30-2)9-15(14)31-19(16)20(24)27/h3-9,17H,1-2H3. The highest BCUT2D eigenvalue weighted by Crippen LogP contribution is 2.42. The molecule has 0 radical (unpaired) electrons. The number of methoxy groups -OCH3 is 1. The summed E-state index contributed by atoms with van der Waals surface area (Å²) in [6.45, 7) is 1.75. The number of rotatable bonds is 4. The van der Waals surface area contributed by atoms with Crippen molar-refractivity contribution in [3.63, 3.8) is 0 Å². The van der Waals surface area contributed by atoms with Crippen molar-refractivity contribution in [2.24, 2.45) is 0 Å². The summed E-state index contributed by atoms with van der Waals surface area (Å²) in [7, 11) is 1.49. The van der Waals surface area contributed by atoms with Crippen LogP contribution in [-0.4, -0.2) is 28.1 Å². The number of nitrogens with zero attached hydrogens (tertiary/aromatic N) is 4. The maximum Gasteiger partial charge on any atom is 0.297 e. The Morgan fingerprint density at radius 1 is 1.16 bits per heavy atom. The SMILES string of the molecule is COc1ccc2c(=O)c3c(oc2c1)C(=O)N(c1nnc(C)s1)C3c1ccc([N+](=O)[O-])cc1. The van der Waals surface area contributed by atoms with E-state index in [1.54, 1.807) is 25.1 Å². The molecule has 1 aliphatic rings. The van der Waals surface area contributed by atoms with Crippen molar-refractivity contribution >= 4 is 39.0 Å². The number of anilines is 1. The Kier molecular flexibility index (Phi) is 4.48. The number of amides is 1. The Bertz CT molecular complexity index is 1460. The van der Waals surface area contributed by atoms with Crippen molar-refractivity contribution in [3.8, 4) is 5.75 Å². The Hall–Kier alpha value is -4.12. The molecule has 32 heavy (non-hydrogen) atoms. The van der Waals surface area contributed by atoms with E-state index in [1.807, 2.05) is 0 Å². The van der Waals surface area contributed by atoms with Gasteiger partial charge >= 0.3 is 0 Å². The highest BCUT2D eigenvalue weighted by Gasteiger charge is 2.45. The predicted octanol–water partition coefficient (Wildman–Crippen LogP) is 3.62. The third kappa shape index (κ3) is 2.94. The first-order valence-corrected chi connectivity index (χ1v) is 10.2. The van der Waals surface area contributed by atoms with Gasteiger partial charge in [0.25, 0.3) is 11.6 Å². The summed E-state index contributed by atoms with van der Waals surface area (Å²) in [5.41, 5.74) is 0.405. The molecule has 0 saturated heterocycles. The molecule has 1 amide bonds. The van der Waals surface area contributed by atoms with Crippen LogP contribution in [0.1, 0.15) is 32.7 Å². The smallest absolute Gasteiger partial charge is 0.297 e. The lowest BCUT2D eigenvalue weighted by Gasteiger charge is -2.21. The molecule has 0 bridgehead atoms. The first kappa shape index (κ1) is 19.8. The minimum absolute atomic E-state index is 0.103. The average Bonchev–Trinajstić information content (AvgIpc) is 3.34. The molecule has 1 unspecified atom stereocenters. The fraction of sp³-hybridized carbons (Fsp3) is 0.143. The Labute approximate surface area is 183 Å². The Balaban J connectivity index is 1.77. The van der Waals surface area contributed by atoms with Gasteiger partial charge in [0, 0.05) is 18.2 Å². The number of fused-ring (bicyclic) bond motifs is 2.